The first-order valence-electron chi connectivity index (χ1n) is 13.8. The number of carbonyl (C=O) groups excluding carboxylic acids is 2. The van der Waals surface area contributed by atoms with E-state index in [2.05, 4.69) is 5.32 Å². The molecule has 0 radical (unpaired) electrons. The number of benzene rings is 3. The van der Waals surface area contributed by atoms with Crippen molar-refractivity contribution in [3.05, 3.63) is 92.9 Å². The Balaban J connectivity index is 1.71. The van der Waals surface area contributed by atoms with Gasteiger partial charge in [-0.05, 0) is 68.7 Å². The topological polar surface area (TPSA) is 86.8 Å². The van der Waals surface area contributed by atoms with Gasteiger partial charge < -0.3 is 10.2 Å². The van der Waals surface area contributed by atoms with Crippen LogP contribution in [-0.2, 0) is 26.2 Å². The monoisotopic (exact) mass is 649 g/mol. The van der Waals surface area contributed by atoms with Crippen LogP contribution in [-0.4, -0.2) is 43.8 Å². The van der Waals surface area contributed by atoms with E-state index in [4.69, 9.17) is 34.8 Å². The molecule has 4 rings (SSSR count). The highest BCUT2D eigenvalue weighted by atomic mass is 35.5. The third-order valence-corrected chi connectivity index (χ3v) is 10.0. The van der Waals surface area contributed by atoms with Crippen molar-refractivity contribution < 1.29 is 18.0 Å². The molecule has 3 aromatic rings. The fourth-order valence-corrected chi connectivity index (χ4v) is 7.12. The Morgan fingerprint density at radius 1 is 0.929 bits per heavy atom. The predicted octanol–water partition coefficient (Wildman–Crippen LogP) is 7.02. The molecule has 0 aliphatic heterocycles. The van der Waals surface area contributed by atoms with Gasteiger partial charge >= 0.3 is 0 Å². The lowest BCUT2D eigenvalue weighted by Gasteiger charge is -2.33. The third kappa shape index (κ3) is 7.98. The molecule has 1 N–H and O–H groups in total. The maximum Gasteiger partial charge on any atom is 0.264 e. The Morgan fingerprint density at radius 3 is 2.17 bits per heavy atom. The number of hydrogen-bond acceptors (Lipinski definition) is 4. The molecule has 3 aromatic carbocycles. The number of nitrogens with one attached hydrogen (secondary N) is 1. The van der Waals surface area contributed by atoms with Crippen LogP contribution in [0.3, 0.4) is 0 Å². The molecule has 0 heterocycles. The van der Waals surface area contributed by atoms with Crippen molar-refractivity contribution in [3.63, 3.8) is 0 Å². The van der Waals surface area contributed by atoms with Crippen molar-refractivity contribution in [3.8, 4) is 0 Å². The maximum absolute atomic E-state index is 14.1. The van der Waals surface area contributed by atoms with Gasteiger partial charge in [-0.15, -0.1) is 0 Å². The summed E-state index contributed by atoms with van der Waals surface area (Å²) in [4.78, 5) is 28.9. The van der Waals surface area contributed by atoms with Gasteiger partial charge in [-0.3, -0.25) is 13.9 Å². The molecule has 1 aliphatic rings. The number of hydrogen-bond donors (Lipinski definition) is 1. The average Bonchev–Trinajstić information content (AvgIpc) is 2.95. The summed E-state index contributed by atoms with van der Waals surface area (Å²) in [6.45, 7) is 2.90. The Kier molecular flexibility index (Phi) is 10.8. The second kappa shape index (κ2) is 14.1. The van der Waals surface area contributed by atoms with Crippen molar-refractivity contribution in [1.29, 1.82) is 0 Å². The van der Waals surface area contributed by atoms with E-state index in [0.717, 1.165) is 42.0 Å². The van der Waals surface area contributed by atoms with Crippen LogP contribution in [0.1, 0.15) is 50.2 Å². The zero-order valence-electron chi connectivity index (χ0n) is 23.5. The predicted molar refractivity (Wildman–Crippen MR) is 169 cm³/mol. The minimum atomic E-state index is -4.24. The smallest absolute Gasteiger partial charge is 0.264 e. The lowest BCUT2D eigenvalue weighted by molar-refractivity contribution is -0.139. The van der Waals surface area contributed by atoms with Gasteiger partial charge in [0.25, 0.3) is 10.0 Å². The fourth-order valence-electron chi connectivity index (χ4n) is 5.01. The Bertz CT molecular complexity index is 1510. The van der Waals surface area contributed by atoms with Gasteiger partial charge in [0.05, 0.1) is 10.6 Å². The molecule has 11 heteroatoms. The summed E-state index contributed by atoms with van der Waals surface area (Å²) < 4.78 is 28.9. The molecule has 0 unspecified atom stereocenters. The number of halogens is 3. The summed E-state index contributed by atoms with van der Waals surface area (Å²) in [5, 5.41) is 3.94. The number of amides is 2. The molecule has 0 spiro atoms. The lowest BCUT2D eigenvalue weighted by Crippen LogP contribution is -2.53. The number of rotatable bonds is 10. The second-order valence-corrected chi connectivity index (χ2v) is 13.7. The highest BCUT2D eigenvalue weighted by Gasteiger charge is 2.33. The van der Waals surface area contributed by atoms with Crippen LogP contribution in [0.15, 0.2) is 71.6 Å². The largest absolute Gasteiger partial charge is 0.352 e. The van der Waals surface area contributed by atoms with Crippen LogP contribution in [0.25, 0.3) is 0 Å². The molecule has 1 saturated carbocycles. The van der Waals surface area contributed by atoms with Gasteiger partial charge in [0.1, 0.15) is 12.6 Å². The number of anilines is 1. The first-order chi connectivity index (χ1) is 20.0. The minimum Gasteiger partial charge on any atom is -0.352 e. The molecule has 7 nitrogen and oxygen atoms in total. The van der Waals surface area contributed by atoms with E-state index < -0.39 is 28.5 Å². The van der Waals surface area contributed by atoms with Crippen LogP contribution >= 0.6 is 34.8 Å². The first kappa shape index (κ1) is 32.1. The van der Waals surface area contributed by atoms with E-state index in [9.17, 15) is 18.0 Å². The van der Waals surface area contributed by atoms with Gasteiger partial charge in [0.15, 0.2) is 0 Å². The highest BCUT2D eigenvalue weighted by molar-refractivity contribution is 7.92. The summed E-state index contributed by atoms with van der Waals surface area (Å²) in [7, 11) is -4.24. The van der Waals surface area contributed by atoms with Crippen molar-refractivity contribution in [2.24, 2.45) is 0 Å². The normalized spacial score (nSPS) is 14.7. The maximum atomic E-state index is 14.1. The van der Waals surface area contributed by atoms with E-state index in [1.807, 2.05) is 6.92 Å². The van der Waals surface area contributed by atoms with Crippen molar-refractivity contribution in [2.75, 3.05) is 10.8 Å². The van der Waals surface area contributed by atoms with Gasteiger partial charge in [-0.25, -0.2) is 8.42 Å². The molecular weight excluding hydrogens is 617 g/mol. The van der Waals surface area contributed by atoms with E-state index in [1.165, 1.54) is 35.2 Å². The summed E-state index contributed by atoms with van der Waals surface area (Å²) in [5.41, 5.74) is 1.63. The fraction of sp³-hybridized carbons (Fsp3) is 0.355. The van der Waals surface area contributed by atoms with Gasteiger partial charge in [0, 0.05) is 27.7 Å². The molecule has 1 aliphatic carbocycles. The van der Waals surface area contributed by atoms with Gasteiger partial charge in [0.2, 0.25) is 11.8 Å². The molecule has 1 atom stereocenters. The molecular formula is C31H34Cl3N3O4S. The molecule has 2 amide bonds. The summed E-state index contributed by atoms with van der Waals surface area (Å²) in [6.07, 6.45) is 4.98. The SMILES string of the molecule is Cc1ccc(S(=O)(=O)N(CC(=O)N(Cc2ccccc2Cl)[C@H](C)C(=O)NC2CCCCC2)c2cc(Cl)cc(Cl)c2)cc1. The van der Waals surface area contributed by atoms with Crippen molar-refractivity contribution in [2.45, 2.75) is 69.5 Å². The molecule has 0 bridgehead atoms. The second-order valence-electron chi connectivity index (χ2n) is 10.6. The quantitative estimate of drug-likeness (QED) is 0.256. The Morgan fingerprint density at radius 2 is 1.55 bits per heavy atom. The minimum absolute atomic E-state index is 0.00209. The molecule has 0 aromatic heterocycles. The van der Waals surface area contributed by atoms with E-state index in [0.29, 0.717) is 10.6 Å². The third-order valence-electron chi connectivity index (χ3n) is 7.44. The number of nitrogens with zero attached hydrogens (tertiary/aromatic N) is 2. The highest BCUT2D eigenvalue weighted by Crippen LogP contribution is 2.30. The van der Waals surface area contributed by atoms with Gasteiger partial charge in [-0.1, -0.05) is 90.0 Å². The van der Waals surface area contributed by atoms with E-state index >= 15 is 0 Å². The van der Waals surface area contributed by atoms with Crippen molar-refractivity contribution >= 4 is 62.3 Å². The van der Waals surface area contributed by atoms with Gasteiger partial charge in [-0.2, -0.15) is 0 Å². The first-order valence-corrected chi connectivity index (χ1v) is 16.4. The lowest BCUT2D eigenvalue weighted by atomic mass is 9.95. The number of sulfonamides is 1. The van der Waals surface area contributed by atoms with E-state index in [-0.39, 0.29) is 39.1 Å². The zero-order valence-corrected chi connectivity index (χ0v) is 26.6. The standard InChI is InChI=1S/C31H34Cl3N3O4S/c1-21-12-14-28(15-13-21)42(40,41)37(27-17-24(32)16-25(33)18-27)20-30(38)36(19-23-8-6-7-11-29(23)34)22(2)31(39)35-26-9-4-3-5-10-26/h6-8,11-18,22,26H,3-5,9-10,19-20H2,1-2H3,(H,35,39)/t22-/m1/s1. The van der Waals surface area contributed by atoms with Crippen LogP contribution in [0.2, 0.25) is 15.1 Å². The Labute approximate surface area is 262 Å². The summed E-state index contributed by atoms with van der Waals surface area (Å²) in [6, 6.07) is 16.8. The average molecular weight is 651 g/mol. The number of aryl methyl sites for hydroxylation is 1. The van der Waals surface area contributed by atoms with Crippen LogP contribution in [0, 0.1) is 6.92 Å². The van der Waals surface area contributed by atoms with Crippen molar-refractivity contribution in [1.82, 2.24) is 10.2 Å². The van der Waals surface area contributed by atoms with E-state index in [1.54, 1.807) is 43.3 Å². The number of carbonyl (C=O) groups is 2. The molecule has 224 valence electrons. The van der Waals surface area contributed by atoms with Crippen LogP contribution in [0.5, 0.6) is 0 Å². The zero-order chi connectivity index (χ0) is 30.4. The van der Waals surface area contributed by atoms with Crippen LogP contribution < -0.4 is 9.62 Å². The summed E-state index contributed by atoms with van der Waals surface area (Å²) >= 11 is 18.9. The molecule has 1 fully saturated rings. The Hall–Kier alpha value is -2.78. The van der Waals surface area contributed by atoms with Crippen LogP contribution in [0.4, 0.5) is 5.69 Å². The molecule has 0 saturated heterocycles. The summed E-state index contributed by atoms with van der Waals surface area (Å²) in [5.74, 6) is -0.894. The molecule has 42 heavy (non-hydrogen) atoms.